The van der Waals surface area contributed by atoms with Gasteiger partial charge < -0.3 is 24.2 Å². The first kappa shape index (κ1) is 16.3. The molecule has 6 heteroatoms. The zero-order chi connectivity index (χ0) is 15.0. The van der Waals surface area contributed by atoms with Gasteiger partial charge in [-0.1, -0.05) is 0 Å². The third kappa shape index (κ3) is 4.11. The van der Waals surface area contributed by atoms with Gasteiger partial charge in [0, 0.05) is 26.3 Å². The summed E-state index contributed by atoms with van der Waals surface area (Å²) in [5.41, 5.74) is 0.429. The number of carbonyl (C=O) groups is 1. The maximum atomic E-state index is 12.5. The van der Waals surface area contributed by atoms with Crippen LogP contribution in [0.2, 0.25) is 0 Å². The molecular formula is C14H21NO5. The standard InChI is InChI=1S/C14H21NO5/c1-18-9-7-15(6-8-16)14(17)12-5-4-11(19-2)10-13(12)20-3/h4-5,10,16H,6-9H2,1-3H3. The molecule has 0 fully saturated rings. The van der Waals surface area contributed by atoms with Crippen LogP contribution in [0.25, 0.3) is 0 Å². The van der Waals surface area contributed by atoms with Crippen molar-refractivity contribution in [2.24, 2.45) is 0 Å². The number of amides is 1. The van der Waals surface area contributed by atoms with Crippen LogP contribution in [0.1, 0.15) is 10.4 Å². The molecule has 0 radical (unpaired) electrons. The topological polar surface area (TPSA) is 68.2 Å². The van der Waals surface area contributed by atoms with E-state index in [0.717, 1.165) is 0 Å². The van der Waals surface area contributed by atoms with Crippen molar-refractivity contribution < 1.29 is 24.1 Å². The highest BCUT2D eigenvalue weighted by Gasteiger charge is 2.19. The van der Waals surface area contributed by atoms with Crippen LogP contribution in [-0.2, 0) is 4.74 Å². The number of aliphatic hydroxyl groups is 1. The number of carbonyl (C=O) groups excluding carboxylic acids is 1. The molecule has 0 saturated heterocycles. The Labute approximate surface area is 118 Å². The van der Waals surface area contributed by atoms with Crippen LogP contribution in [0.3, 0.4) is 0 Å². The molecule has 1 aromatic rings. The largest absolute Gasteiger partial charge is 0.497 e. The van der Waals surface area contributed by atoms with E-state index in [9.17, 15) is 4.79 Å². The van der Waals surface area contributed by atoms with Gasteiger partial charge in [0.1, 0.15) is 11.5 Å². The maximum absolute atomic E-state index is 12.5. The summed E-state index contributed by atoms with van der Waals surface area (Å²) >= 11 is 0. The van der Waals surface area contributed by atoms with Gasteiger partial charge in [0.15, 0.2) is 0 Å². The molecule has 20 heavy (non-hydrogen) atoms. The average Bonchev–Trinajstić information content (AvgIpc) is 2.50. The first-order chi connectivity index (χ1) is 9.67. The van der Waals surface area contributed by atoms with Crippen LogP contribution in [0, 0.1) is 0 Å². The monoisotopic (exact) mass is 283 g/mol. The molecular weight excluding hydrogens is 262 g/mol. The Morgan fingerprint density at radius 2 is 1.95 bits per heavy atom. The lowest BCUT2D eigenvalue weighted by molar-refractivity contribution is 0.0653. The van der Waals surface area contributed by atoms with Gasteiger partial charge in [-0.3, -0.25) is 4.79 Å². The number of benzene rings is 1. The van der Waals surface area contributed by atoms with Gasteiger partial charge in [0.25, 0.3) is 5.91 Å². The smallest absolute Gasteiger partial charge is 0.257 e. The van der Waals surface area contributed by atoms with Gasteiger partial charge in [-0.15, -0.1) is 0 Å². The zero-order valence-electron chi connectivity index (χ0n) is 12.1. The highest BCUT2D eigenvalue weighted by atomic mass is 16.5. The Kier molecular flexibility index (Phi) is 6.83. The first-order valence-electron chi connectivity index (χ1n) is 6.29. The van der Waals surface area contributed by atoms with E-state index in [1.54, 1.807) is 32.4 Å². The van der Waals surface area contributed by atoms with E-state index in [1.165, 1.54) is 12.0 Å². The fourth-order valence-electron chi connectivity index (χ4n) is 1.78. The van der Waals surface area contributed by atoms with Gasteiger partial charge in [-0.25, -0.2) is 0 Å². The highest BCUT2D eigenvalue weighted by molar-refractivity contribution is 5.97. The summed E-state index contributed by atoms with van der Waals surface area (Å²) < 4.78 is 15.3. The molecule has 0 aliphatic heterocycles. The quantitative estimate of drug-likeness (QED) is 0.764. The van der Waals surface area contributed by atoms with Crippen molar-refractivity contribution in [1.82, 2.24) is 4.90 Å². The van der Waals surface area contributed by atoms with Crippen molar-refractivity contribution >= 4 is 5.91 Å². The Balaban J connectivity index is 2.97. The van der Waals surface area contributed by atoms with Crippen LogP contribution < -0.4 is 9.47 Å². The lowest BCUT2D eigenvalue weighted by atomic mass is 10.1. The highest BCUT2D eigenvalue weighted by Crippen LogP contribution is 2.25. The third-order valence-corrected chi connectivity index (χ3v) is 2.86. The minimum absolute atomic E-state index is 0.103. The van der Waals surface area contributed by atoms with Crippen LogP contribution in [0.4, 0.5) is 0 Å². The number of aliphatic hydroxyl groups excluding tert-OH is 1. The van der Waals surface area contributed by atoms with E-state index in [4.69, 9.17) is 19.3 Å². The molecule has 1 N–H and O–H groups in total. The van der Waals surface area contributed by atoms with Crippen molar-refractivity contribution in [3.05, 3.63) is 23.8 Å². The SMILES string of the molecule is COCCN(CCO)C(=O)c1ccc(OC)cc1OC. The molecule has 6 nitrogen and oxygen atoms in total. The molecule has 0 aromatic heterocycles. The molecule has 1 aromatic carbocycles. The summed E-state index contributed by atoms with van der Waals surface area (Å²) in [6.45, 7) is 0.959. The minimum atomic E-state index is -0.212. The lowest BCUT2D eigenvalue weighted by Gasteiger charge is -2.22. The molecule has 0 saturated carbocycles. The summed E-state index contributed by atoms with van der Waals surface area (Å²) in [5, 5.41) is 9.05. The first-order valence-corrected chi connectivity index (χ1v) is 6.29. The van der Waals surface area contributed by atoms with E-state index < -0.39 is 0 Å². The summed E-state index contributed by atoms with van der Waals surface area (Å²) in [4.78, 5) is 14.0. The number of ether oxygens (including phenoxy) is 3. The van der Waals surface area contributed by atoms with E-state index in [0.29, 0.717) is 30.2 Å². The summed E-state index contributed by atoms with van der Waals surface area (Å²) in [6, 6.07) is 5.00. The second-order valence-electron chi connectivity index (χ2n) is 4.07. The number of rotatable bonds is 8. The molecule has 0 unspecified atom stereocenters. The molecule has 0 spiro atoms. The molecule has 1 amide bonds. The number of hydrogen-bond acceptors (Lipinski definition) is 5. The molecule has 0 aliphatic rings. The van der Waals surface area contributed by atoms with Crippen molar-refractivity contribution in [1.29, 1.82) is 0 Å². The van der Waals surface area contributed by atoms with Crippen LogP contribution in [0.15, 0.2) is 18.2 Å². The Hall–Kier alpha value is -1.79. The van der Waals surface area contributed by atoms with Crippen molar-refractivity contribution in [3.63, 3.8) is 0 Å². The van der Waals surface area contributed by atoms with Gasteiger partial charge in [-0.2, -0.15) is 0 Å². The second-order valence-corrected chi connectivity index (χ2v) is 4.07. The zero-order valence-corrected chi connectivity index (χ0v) is 12.1. The molecule has 112 valence electrons. The van der Waals surface area contributed by atoms with Crippen LogP contribution >= 0.6 is 0 Å². The predicted molar refractivity (Wildman–Crippen MR) is 74.4 cm³/mol. The van der Waals surface area contributed by atoms with Gasteiger partial charge in [0.05, 0.1) is 33.0 Å². The third-order valence-electron chi connectivity index (χ3n) is 2.86. The Bertz CT molecular complexity index is 436. The van der Waals surface area contributed by atoms with Crippen molar-refractivity contribution in [2.45, 2.75) is 0 Å². The second kappa shape index (κ2) is 8.39. The average molecular weight is 283 g/mol. The summed E-state index contributed by atoms with van der Waals surface area (Å²) in [5.74, 6) is 0.842. The number of hydrogen-bond donors (Lipinski definition) is 1. The van der Waals surface area contributed by atoms with Crippen LogP contribution in [-0.4, -0.2) is 63.5 Å². The van der Waals surface area contributed by atoms with E-state index in [2.05, 4.69) is 0 Å². The van der Waals surface area contributed by atoms with Crippen LogP contribution in [0.5, 0.6) is 11.5 Å². The lowest BCUT2D eigenvalue weighted by Crippen LogP contribution is -2.36. The number of nitrogens with zero attached hydrogens (tertiary/aromatic N) is 1. The van der Waals surface area contributed by atoms with Crippen molar-refractivity contribution in [3.8, 4) is 11.5 Å². The summed E-state index contributed by atoms with van der Waals surface area (Å²) in [6.07, 6.45) is 0. The number of methoxy groups -OCH3 is 3. The van der Waals surface area contributed by atoms with Crippen molar-refractivity contribution in [2.75, 3.05) is 47.6 Å². The predicted octanol–water partition coefficient (Wildman–Crippen LogP) is 0.785. The maximum Gasteiger partial charge on any atom is 0.257 e. The van der Waals surface area contributed by atoms with E-state index in [1.807, 2.05) is 0 Å². The molecule has 1 rings (SSSR count). The molecule has 0 atom stereocenters. The van der Waals surface area contributed by atoms with E-state index >= 15 is 0 Å². The summed E-state index contributed by atoms with van der Waals surface area (Å²) in [7, 11) is 4.61. The Morgan fingerprint density at radius 3 is 2.50 bits per heavy atom. The molecule has 0 bridgehead atoms. The van der Waals surface area contributed by atoms with Gasteiger partial charge in [0.2, 0.25) is 0 Å². The van der Waals surface area contributed by atoms with Gasteiger partial charge >= 0.3 is 0 Å². The van der Waals surface area contributed by atoms with Gasteiger partial charge in [-0.05, 0) is 12.1 Å². The fraction of sp³-hybridized carbons (Fsp3) is 0.500. The van der Waals surface area contributed by atoms with E-state index in [-0.39, 0.29) is 19.1 Å². The minimum Gasteiger partial charge on any atom is -0.497 e. The fourth-order valence-corrected chi connectivity index (χ4v) is 1.78. The molecule has 0 heterocycles. The molecule has 0 aliphatic carbocycles. The normalized spacial score (nSPS) is 10.2. The Morgan fingerprint density at radius 1 is 1.20 bits per heavy atom.